The van der Waals surface area contributed by atoms with Crippen molar-refractivity contribution in [1.29, 1.82) is 0 Å². The van der Waals surface area contributed by atoms with Crippen molar-refractivity contribution in [1.82, 2.24) is 14.6 Å². The fraction of sp³-hybridized carbons (Fsp3) is 0.500. The molecule has 2 aromatic rings. The molecule has 1 atom stereocenters. The molecule has 1 aliphatic heterocycles. The van der Waals surface area contributed by atoms with Gasteiger partial charge in [-0.25, -0.2) is 18.1 Å². The first-order valence-electron chi connectivity index (χ1n) is 8.04. The number of hydrogen-bond donors (Lipinski definition) is 1. The number of hydrogen-bond acceptors (Lipinski definition) is 6. The maximum absolute atomic E-state index is 12.9. The van der Waals surface area contributed by atoms with Gasteiger partial charge in [-0.1, -0.05) is 0 Å². The van der Waals surface area contributed by atoms with Gasteiger partial charge < -0.3 is 9.32 Å². The smallest absolute Gasteiger partial charge is 0.265 e. The van der Waals surface area contributed by atoms with E-state index in [4.69, 9.17) is 4.42 Å². The number of aryl methyl sites for hydroxylation is 2. The minimum absolute atomic E-state index is 0.107. The van der Waals surface area contributed by atoms with Gasteiger partial charge in [0.05, 0.1) is 11.9 Å². The quantitative estimate of drug-likeness (QED) is 0.873. The van der Waals surface area contributed by atoms with E-state index in [1.165, 1.54) is 11.3 Å². The minimum atomic E-state index is -3.29. The van der Waals surface area contributed by atoms with Crippen LogP contribution in [0.1, 0.15) is 34.0 Å². The Bertz CT molecular complexity index is 885. The average molecular weight is 383 g/mol. The van der Waals surface area contributed by atoms with Crippen molar-refractivity contribution >= 4 is 27.3 Å². The molecule has 0 aliphatic carbocycles. The summed E-state index contributed by atoms with van der Waals surface area (Å²) >= 11 is 1.31. The average Bonchev–Trinajstić information content (AvgIpc) is 3.11. The van der Waals surface area contributed by atoms with Crippen LogP contribution in [0, 0.1) is 13.8 Å². The molecule has 7 nitrogen and oxygen atoms in total. The fourth-order valence-electron chi connectivity index (χ4n) is 2.95. The highest BCUT2D eigenvalue weighted by Crippen LogP contribution is 2.30. The first-order valence-corrected chi connectivity index (χ1v) is 10.7. The van der Waals surface area contributed by atoms with Gasteiger partial charge in [0.15, 0.2) is 10.8 Å². The number of rotatable bonds is 4. The van der Waals surface area contributed by atoms with Gasteiger partial charge in [0, 0.05) is 19.1 Å². The van der Waals surface area contributed by atoms with E-state index >= 15 is 0 Å². The van der Waals surface area contributed by atoms with Crippen LogP contribution in [0.15, 0.2) is 16.5 Å². The summed E-state index contributed by atoms with van der Waals surface area (Å²) in [4.78, 5) is 19.6. The van der Waals surface area contributed by atoms with Crippen molar-refractivity contribution in [2.45, 2.75) is 32.7 Å². The monoisotopic (exact) mass is 383 g/mol. The summed E-state index contributed by atoms with van der Waals surface area (Å²) in [5, 5.41) is 0.678. The number of thiazole rings is 1. The van der Waals surface area contributed by atoms with Crippen molar-refractivity contribution < 1.29 is 17.6 Å². The lowest BCUT2D eigenvalue weighted by atomic mass is 10.1. The van der Waals surface area contributed by atoms with Crippen LogP contribution in [-0.4, -0.2) is 49.6 Å². The summed E-state index contributed by atoms with van der Waals surface area (Å²) in [6.07, 6.45) is 2.63. The van der Waals surface area contributed by atoms with E-state index < -0.39 is 10.0 Å². The molecule has 1 saturated heterocycles. The molecule has 0 bridgehead atoms. The van der Waals surface area contributed by atoms with Crippen LogP contribution in [0.2, 0.25) is 0 Å². The Morgan fingerprint density at radius 2 is 2.16 bits per heavy atom. The molecule has 25 heavy (non-hydrogen) atoms. The molecule has 1 N–H and O–H groups in total. The second-order valence-corrected chi connectivity index (χ2v) is 9.10. The highest BCUT2D eigenvalue weighted by atomic mass is 32.2. The molecule has 1 aliphatic rings. The summed E-state index contributed by atoms with van der Waals surface area (Å²) in [6, 6.07) is 3.46. The summed E-state index contributed by atoms with van der Waals surface area (Å²) in [5.41, 5.74) is 0.664. The standard InChI is InChI=1S/C16H21N3O4S2/c1-10-6-7-13(23-10)15-17-11(2)14(24-15)16(20)19-8-4-5-12(9-19)18-25(3,21)22/h6-7,12,18H,4-5,8-9H2,1-3H3/t12-/m1/s1. The van der Waals surface area contributed by atoms with Crippen molar-refractivity contribution in [2.24, 2.45) is 0 Å². The van der Waals surface area contributed by atoms with Gasteiger partial charge in [-0.2, -0.15) is 0 Å². The van der Waals surface area contributed by atoms with Gasteiger partial charge in [-0.05, 0) is 38.8 Å². The Kier molecular flexibility index (Phi) is 4.99. The Morgan fingerprint density at radius 3 is 2.80 bits per heavy atom. The number of aromatic nitrogens is 1. The molecular weight excluding hydrogens is 362 g/mol. The van der Waals surface area contributed by atoms with Crippen LogP contribution in [0.25, 0.3) is 10.8 Å². The summed E-state index contributed by atoms with van der Waals surface area (Å²) in [7, 11) is -3.29. The number of nitrogens with zero attached hydrogens (tertiary/aromatic N) is 2. The lowest BCUT2D eigenvalue weighted by molar-refractivity contribution is 0.0707. The third kappa shape index (κ3) is 4.28. The molecule has 2 aromatic heterocycles. The van der Waals surface area contributed by atoms with E-state index in [1.807, 2.05) is 19.1 Å². The van der Waals surface area contributed by atoms with Gasteiger partial charge in [-0.15, -0.1) is 11.3 Å². The second kappa shape index (κ2) is 6.89. The minimum Gasteiger partial charge on any atom is -0.459 e. The maximum atomic E-state index is 12.9. The number of piperidine rings is 1. The van der Waals surface area contributed by atoms with E-state index in [9.17, 15) is 13.2 Å². The Morgan fingerprint density at radius 1 is 1.40 bits per heavy atom. The molecule has 9 heteroatoms. The Labute approximate surface area is 151 Å². The number of carbonyl (C=O) groups excluding carboxylic acids is 1. The molecule has 136 valence electrons. The number of amides is 1. The molecule has 1 fully saturated rings. The first kappa shape index (κ1) is 18.1. The number of furan rings is 1. The van der Waals surface area contributed by atoms with E-state index in [2.05, 4.69) is 9.71 Å². The highest BCUT2D eigenvalue weighted by molar-refractivity contribution is 7.88. The maximum Gasteiger partial charge on any atom is 0.265 e. The van der Waals surface area contributed by atoms with E-state index in [0.717, 1.165) is 24.9 Å². The van der Waals surface area contributed by atoms with Crippen molar-refractivity contribution in [2.75, 3.05) is 19.3 Å². The van der Waals surface area contributed by atoms with Crippen LogP contribution in [0.4, 0.5) is 0 Å². The van der Waals surface area contributed by atoms with Gasteiger partial charge in [0.25, 0.3) is 5.91 Å². The molecule has 0 spiro atoms. The third-order valence-electron chi connectivity index (χ3n) is 4.03. The number of sulfonamides is 1. The molecule has 0 radical (unpaired) electrons. The molecule has 0 unspecified atom stereocenters. The molecule has 0 saturated carbocycles. The van der Waals surface area contributed by atoms with Gasteiger partial charge in [-0.3, -0.25) is 4.79 Å². The van der Waals surface area contributed by atoms with Crippen molar-refractivity contribution in [3.05, 3.63) is 28.5 Å². The zero-order valence-electron chi connectivity index (χ0n) is 14.4. The number of nitrogens with one attached hydrogen (secondary N) is 1. The topological polar surface area (TPSA) is 92.5 Å². The SMILES string of the molecule is Cc1ccc(-c2nc(C)c(C(=O)N3CCC[C@@H](NS(C)(=O)=O)C3)s2)o1. The van der Waals surface area contributed by atoms with Crippen LogP contribution >= 0.6 is 11.3 Å². The second-order valence-electron chi connectivity index (χ2n) is 6.32. The number of carbonyl (C=O) groups is 1. The van der Waals surface area contributed by atoms with Crippen LogP contribution in [0.3, 0.4) is 0 Å². The molecule has 1 amide bonds. The third-order valence-corrected chi connectivity index (χ3v) is 5.95. The zero-order valence-corrected chi connectivity index (χ0v) is 16.0. The fourth-order valence-corrected chi connectivity index (χ4v) is 4.75. The summed E-state index contributed by atoms with van der Waals surface area (Å²) in [5.74, 6) is 1.34. The lowest BCUT2D eigenvalue weighted by Crippen LogP contribution is -2.49. The van der Waals surface area contributed by atoms with Crippen LogP contribution in [-0.2, 0) is 10.0 Å². The van der Waals surface area contributed by atoms with Crippen LogP contribution < -0.4 is 4.72 Å². The number of likely N-dealkylation sites (tertiary alicyclic amines) is 1. The van der Waals surface area contributed by atoms with E-state index in [0.29, 0.717) is 34.4 Å². The normalized spacial score (nSPS) is 18.5. The summed E-state index contributed by atoms with van der Waals surface area (Å²) in [6.45, 7) is 4.66. The highest BCUT2D eigenvalue weighted by Gasteiger charge is 2.28. The van der Waals surface area contributed by atoms with Crippen LogP contribution in [0.5, 0.6) is 0 Å². The zero-order chi connectivity index (χ0) is 18.2. The predicted molar refractivity (Wildman–Crippen MR) is 96.2 cm³/mol. The first-order chi connectivity index (χ1) is 11.7. The Hall–Kier alpha value is -1.71. The van der Waals surface area contributed by atoms with E-state index in [1.54, 1.807) is 11.8 Å². The molecule has 3 heterocycles. The van der Waals surface area contributed by atoms with Gasteiger partial charge in [0.2, 0.25) is 10.0 Å². The molecular formula is C16H21N3O4S2. The molecule has 0 aromatic carbocycles. The summed E-state index contributed by atoms with van der Waals surface area (Å²) < 4.78 is 31.0. The van der Waals surface area contributed by atoms with E-state index in [-0.39, 0.29) is 11.9 Å². The van der Waals surface area contributed by atoms with Crippen molar-refractivity contribution in [3.63, 3.8) is 0 Å². The Balaban J connectivity index is 1.77. The predicted octanol–water partition coefficient (Wildman–Crippen LogP) is 2.17. The molecule has 3 rings (SSSR count). The van der Waals surface area contributed by atoms with Gasteiger partial charge in [0.1, 0.15) is 10.6 Å². The van der Waals surface area contributed by atoms with Gasteiger partial charge >= 0.3 is 0 Å². The largest absolute Gasteiger partial charge is 0.459 e. The lowest BCUT2D eigenvalue weighted by Gasteiger charge is -2.32. The van der Waals surface area contributed by atoms with Crippen molar-refractivity contribution in [3.8, 4) is 10.8 Å².